The third-order valence-corrected chi connectivity index (χ3v) is 3.98. The quantitative estimate of drug-likeness (QED) is 0.861. The summed E-state index contributed by atoms with van der Waals surface area (Å²) in [6.45, 7) is 4.69. The maximum atomic E-state index is 10.2. The molecular formula is C17H20BrNO. The van der Waals surface area contributed by atoms with Crippen molar-refractivity contribution >= 4 is 15.9 Å². The van der Waals surface area contributed by atoms with E-state index in [0.717, 1.165) is 10.0 Å². The third-order valence-electron chi connectivity index (χ3n) is 3.45. The summed E-state index contributed by atoms with van der Waals surface area (Å²) in [6.07, 6.45) is -0.478. The number of halogens is 1. The van der Waals surface area contributed by atoms with Crippen LogP contribution in [0.15, 0.2) is 53.0 Å². The van der Waals surface area contributed by atoms with E-state index in [1.54, 1.807) is 0 Å². The molecule has 0 saturated carbocycles. The maximum Gasteiger partial charge on any atom is 0.0914 e. The van der Waals surface area contributed by atoms with Crippen molar-refractivity contribution in [1.82, 2.24) is 5.32 Å². The molecule has 20 heavy (non-hydrogen) atoms. The van der Waals surface area contributed by atoms with E-state index < -0.39 is 6.10 Å². The van der Waals surface area contributed by atoms with Gasteiger partial charge in [-0.1, -0.05) is 57.9 Å². The predicted octanol–water partition coefficient (Wildman–Crippen LogP) is 4.14. The average Bonchev–Trinajstić information content (AvgIpc) is 2.46. The topological polar surface area (TPSA) is 32.3 Å². The zero-order chi connectivity index (χ0) is 14.5. The maximum absolute atomic E-state index is 10.2. The largest absolute Gasteiger partial charge is 0.387 e. The summed E-state index contributed by atoms with van der Waals surface area (Å²) >= 11 is 3.43. The molecule has 0 bridgehead atoms. The van der Waals surface area contributed by atoms with Crippen molar-refractivity contribution in [3.8, 4) is 0 Å². The Balaban J connectivity index is 1.91. The zero-order valence-electron chi connectivity index (χ0n) is 11.8. The van der Waals surface area contributed by atoms with Gasteiger partial charge in [0.15, 0.2) is 0 Å². The number of hydrogen-bond donors (Lipinski definition) is 2. The summed E-state index contributed by atoms with van der Waals surface area (Å²) in [5.41, 5.74) is 3.37. The molecule has 0 aliphatic heterocycles. The van der Waals surface area contributed by atoms with Crippen LogP contribution in [0.3, 0.4) is 0 Å². The molecule has 2 rings (SSSR count). The fourth-order valence-electron chi connectivity index (χ4n) is 2.06. The van der Waals surface area contributed by atoms with Crippen LogP contribution >= 0.6 is 15.9 Å². The van der Waals surface area contributed by atoms with Gasteiger partial charge in [-0.25, -0.2) is 0 Å². The normalized spacial score (nSPS) is 14.0. The number of benzene rings is 2. The van der Waals surface area contributed by atoms with Crippen molar-refractivity contribution in [2.24, 2.45) is 0 Å². The number of hydrogen-bond acceptors (Lipinski definition) is 2. The summed E-state index contributed by atoms with van der Waals surface area (Å²) in [6, 6.07) is 16.4. The second kappa shape index (κ2) is 7.02. The Morgan fingerprint density at radius 1 is 1.00 bits per heavy atom. The summed E-state index contributed by atoms with van der Waals surface area (Å²) in [5, 5.41) is 13.5. The molecule has 0 heterocycles. The van der Waals surface area contributed by atoms with Gasteiger partial charge in [-0.05, 0) is 37.1 Å². The standard InChI is InChI=1S/C17H20BrNO/c1-12-3-5-15(6-4-12)17(20)11-19-13(2)14-7-9-16(18)10-8-14/h3-10,13,17,19-20H,11H2,1-2H3. The summed E-state index contributed by atoms with van der Waals surface area (Å²) < 4.78 is 1.08. The minimum atomic E-state index is -0.478. The second-order valence-corrected chi connectivity index (χ2v) is 6.02. The minimum Gasteiger partial charge on any atom is -0.387 e. The van der Waals surface area contributed by atoms with Gasteiger partial charge in [-0.3, -0.25) is 0 Å². The molecule has 2 unspecified atom stereocenters. The van der Waals surface area contributed by atoms with Crippen LogP contribution in [0.4, 0.5) is 0 Å². The van der Waals surface area contributed by atoms with Crippen molar-refractivity contribution in [3.63, 3.8) is 0 Å². The predicted molar refractivity (Wildman–Crippen MR) is 86.7 cm³/mol. The Bertz CT molecular complexity index is 484. The molecule has 2 aromatic rings. The number of aliphatic hydroxyl groups is 1. The molecule has 0 aromatic heterocycles. The lowest BCUT2D eigenvalue weighted by Crippen LogP contribution is -2.24. The highest BCUT2D eigenvalue weighted by molar-refractivity contribution is 9.10. The monoisotopic (exact) mass is 333 g/mol. The average molecular weight is 334 g/mol. The lowest BCUT2D eigenvalue weighted by molar-refractivity contribution is 0.171. The Morgan fingerprint density at radius 2 is 1.55 bits per heavy atom. The van der Waals surface area contributed by atoms with E-state index >= 15 is 0 Å². The molecule has 0 fully saturated rings. The van der Waals surface area contributed by atoms with Crippen LogP contribution < -0.4 is 5.32 Å². The van der Waals surface area contributed by atoms with Crippen LogP contribution in [0.5, 0.6) is 0 Å². The molecule has 0 amide bonds. The van der Waals surface area contributed by atoms with Crippen molar-refractivity contribution in [3.05, 3.63) is 69.7 Å². The van der Waals surface area contributed by atoms with E-state index in [2.05, 4.69) is 40.3 Å². The molecule has 106 valence electrons. The van der Waals surface area contributed by atoms with Gasteiger partial charge >= 0.3 is 0 Å². The minimum absolute atomic E-state index is 0.211. The molecule has 0 spiro atoms. The van der Waals surface area contributed by atoms with E-state index in [1.165, 1.54) is 11.1 Å². The van der Waals surface area contributed by atoms with Crippen LogP contribution in [-0.2, 0) is 0 Å². The number of nitrogens with one attached hydrogen (secondary N) is 1. The van der Waals surface area contributed by atoms with Gasteiger partial charge in [0.25, 0.3) is 0 Å². The molecule has 0 radical (unpaired) electrons. The first-order valence-corrected chi connectivity index (χ1v) is 7.59. The molecule has 2 aromatic carbocycles. The van der Waals surface area contributed by atoms with E-state index in [0.29, 0.717) is 6.54 Å². The SMILES string of the molecule is Cc1ccc(C(O)CNC(C)c2ccc(Br)cc2)cc1. The van der Waals surface area contributed by atoms with E-state index in [9.17, 15) is 5.11 Å². The highest BCUT2D eigenvalue weighted by atomic mass is 79.9. The van der Waals surface area contributed by atoms with Crippen molar-refractivity contribution in [2.45, 2.75) is 26.0 Å². The van der Waals surface area contributed by atoms with Gasteiger partial charge in [-0.15, -0.1) is 0 Å². The van der Waals surface area contributed by atoms with Gasteiger partial charge in [0.1, 0.15) is 0 Å². The molecule has 3 heteroatoms. The van der Waals surface area contributed by atoms with Crippen LogP contribution in [0.1, 0.15) is 35.8 Å². The summed E-state index contributed by atoms with van der Waals surface area (Å²) in [5.74, 6) is 0. The van der Waals surface area contributed by atoms with Gasteiger partial charge in [-0.2, -0.15) is 0 Å². The van der Waals surface area contributed by atoms with Crippen LogP contribution in [0.25, 0.3) is 0 Å². The van der Waals surface area contributed by atoms with Gasteiger partial charge in [0, 0.05) is 17.1 Å². The number of aliphatic hydroxyl groups excluding tert-OH is 1. The summed E-state index contributed by atoms with van der Waals surface area (Å²) in [4.78, 5) is 0. The Morgan fingerprint density at radius 3 is 2.15 bits per heavy atom. The van der Waals surface area contributed by atoms with Crippen LogP contribution in [0, 0.1) is 6.92 Å². The molecule has 2 N–H and O–H groups in total. The van der Waals surface area contributed by atoms with Crippen molar-refractivity contribution in [2.75, 3.05) is 6.54 Å². The zero-order valence-corrected chi connectivity index (χ0v) is 13.4. The van der Waals surface area contributed by atoms with Crippen molar-refractivity contribution < 1.29 is 5.11 Å². The molecule has 0 saturated heterocycles. The lowest BCUT2D eigenvalue weighted by atomic mass is 10.1. The van der Waals surface area contributed by atoms with E-state index in [1.807, 2.05) is 43.3 Å². The fraction of sp³-hybridized carbons (Fsp3) is 0.294. The van der Waals surface area contributed by atoms with Crippen LogP contribution in [-0.4, -0.2) is 11.7 Å². The smallest absolute Gasteiger partial charge is 0.0914 e. The second-order valence-electron chi connectivity index (χ2n) is 5.11. The van der Waals surface area contributed by atoms with Gasteiger partial charge < -0.3 is 10.4 Å². The number of aryl methyl sites for hydroxylation is 1. The Labute approximate surface area is 129 Å². The highest BCUT2D eigenvalue weighted by Gasteiger charge is 2.10. The first-order valence-electron chi connectivity index (χ1n) is 6.80. The Kier molecular flexibility index (Phi) is 5.35. The molecule has 2 nitrogen and oxygen atoms in total. The van der Waals surface area contributed by atoms with Crippen molar-refractivity contribution in [1.29, 1.82) is 0 Å². The highest BCUT2D eigenvalue weighted by Crippen LogP contribution is 2.18. The molecule has 0 aliphatic rings. The molecular weight excluding hydrogens is 314 g/mol. The number of rotatable bonds is 5. The summed E-state index contributed by atoms with van der Waals surface area (Å²) in [7, 11) is 0. The third kappa shape index (κ3) is 4.17. The van der Waals surface area contributed by atoms with E-state index in [4.69, 9.17) is 0 Å². The van der Waals surface area contributed by atoms with E-state index in [-0.39, 0.29) is 6.04 Å². The first kappa shape index (κ1) is 15.2. The molecule has 0 aliphatic carbocycles. The molecule has 2 atom stereocenters. The fourth-order valence-corrected chi connectivity index (χ4v) is 2.33. The lowest BCUT2D eigenvalue weighted by Gasteiger charge is -2.18. The Hall–Kier alpha value is -1.16. The van der Waals surface area contributed by atoms with Gasteiger partial charge in [0.05, 0.1) is 6.10 Å². The first-order chi connectivity index (χ1) is 9.56. The van der Waals surface area contributed by atoms with Gasteiger partial charge in [0.2, 0.25) is 0 Å². The van der Waals surface area contributed by atoms with Crippen LogP contribution in [0.2, 0.25) is 0 Å².